The fourth-order valence-corrected chi connectivity index (χ4v) is 2.62. The maximum atomic E-state index is 11.5. The van der Waals surface area contributed by atoms with Crippen LogP contribution in [0.5, 0.6) is 0 Å². The Bertz CT molecular complexity index is 631. The number of hydrogen-bond donors (Lipinski definition) is 1. The molecule has 0 saturated carbocycles. The SMILES string of the molecule is O=C(CBr)CCC(C(=O)O)c1cccc2ccccc12. The van der Waals surface area contributed by atoms with Crippen molar-refractivity contribution in [2.75, 3.05) is 5.33 Å². The number of carboxylic acid groups (broad SMARTS) is 1. The molecule has 1 N–H and O–H groups in total. The Kier molecular flexibility index (Phi) is 4.90. The molecule has 0 aliphatic rings. The molecule has 0 radical (unpaired) electrons. The topological polar surface area (TPSA) is 54.4 Å². The number of ketones is 1. The number of alkyl halides is 1. The van der Waals surface area contributed by atoms with E-state index >= 15 is 0 Å². The molecule has 4 heteroatoms. The Labute approximate surface area is 125 Å². The highest BCUT2D eigenvalue weighted by Crippen LogP contribution is 2.29. The molecule has 0 aliphatic carbocycles. The molecule has 2 aromatic carbocycles. The van der Waals surface area contributed by atoms with E-state index in [0.29, 0.717) is 6.42 Å². The van der Waals surface area contributed by atoms with Crippen LogP contribution in [0.15, 0.2) is 42.5 Å². The Morgan fingerprint density at radius 2 is 1.80 bits per heavy atom. The smallest absolute Gasteiger partial charge is 0.311 e. The monoisotopic (exact) mass is 334 g/mol. The number of carboxylic acids is 1. The predicted octanol–water partition coefficient (Wildman–Crippen LogP) is 3.75. The zero-order valence-corrected chi connectivity index (χ0v) is 12.5. The maximum absolute atomic E-state index is 11.5. The number of rotatable bonds is 6. The van der Waals surface area contributed by atoms with Crippen LogP contribution in [0, 0.1) is 0 Å². The van der Waals surface area contributed by atoms with Gasteiger partial charge in [-0.3, -0.25) is 9.59 Å². The third-order valence-electron chi connectivity index (χ3n) is 3.36. The van der Waals surface area contributed by atoms with E-state index < -0.39 is 11.9 Å². The van der Waals surface area contributed by atoms with Gasteiger partial charge < -0.3 is 5.11 Å². The Hall–Kier alpha value is -1.68. The van der Waals surface area contributed by atoms with Crippen molar-refractivity contribution >= 4 is 38.5 Å². The summed E-state index contributed by atoms with van der Waals surface area (Å²) in [5, 5.41) is 11.7. The van der Waals surface area contributed by atoms with E-state index in [1.165, 1.54) is 0 Å². The summed E-state index contributed by atoms with van der Waals surface area (Å²) in [7, 11) is 0. The van der Waals surface area contributed by atoms with E-state index in [2.05, 4.69) is 15.9 Å². The van der Waals surface area contributed by atoms with Gasteiger partial charge in [-0.05, 0) is 22.8 Å². The van der Waals surface area contributed by atoms with Crippen LogP contribution in [0.1, 0.15) is 24.3 Å². The van der Waals surface area contributed by atoms with E-state index in [1.807, 2.05) is 42.5 Å². The number of fused-ring (bicyclic) bond motifs is 1. The molecule has 2 aromatic rings. The largest absolute Gasteiger partial charge is 0.481 e. The van der Waals surface area contributed by atoms with Gasteiger partial charge in [-0.25, -0.2) is 0 Å². The summed E-state index contributed by atoms with van der Waals surface area (Å²) in [6.45, 7) is 0. The lowest BCUT2D eigenvalue weighted by molar-refractivity contribution is -0.139. The van der Waals surface area contributed by atoms with E-state index in [1.54, 1.807) is 0 Å². The second-order valence-electron chi connectivity index (χ2n) is 4.67. The Morgan fingerprint density at radius 1 is 1.10 bits per heavy atom. The summed E-state index contributed by atoms with van der Waals surface area (Å²) in [6.07, 6.45) is 0.596. The van der Waals surface area contributed by atoms with Crippen LogP contribution in [-0.4, -0.2) is 22.2 Å². The normalized spacial score (nSPS) is 12.2. The number of aliphatic carboxylic acids is 1. The molecule has 1 atom stereocenters. The van der Waals surface area contributed by atoms with Gasteiger partial charge in [-0.2, -0.15) is 0 Å². The third kappa shape index (κ3) is 3.25. The van der Waals surface area contributed by atoms with E-state index in [4.69, 9.17) is 0 Å². The zero-order chi connectivity index (χ0) is 14.5. The van der Waals surface area contributed by atoms with Crippen molar-refractivity contribution < 1.29 is 14.7 Å². The van der Waals surface area contributed by atoms with Crippen LogP contribution in [0.25, 0.3) is 10.8 Å². The first-order valence-corrected chi connectivity index (χ1v) is 7.53. The zero-order valence-electron chi connectivity index (χ0n) is 10.9. The maximum Gasteiger partial charge on any atom is 0.311 e. The molecule has 104 valence electrons. The molecule has 0 fully saturated rings. The van der Waals surface area contributed by atoms with Crippen molar-refractivity contribution in [3.05, 3.63) is 48.0 Å². The third-order valence-corrected chi connectivity index (χ3v) is 3.98. The van der Waals surface area contributed by atoms with Crippen LogP contribution in [0.2, 0.25) is 0 Å². The lowest BCUT2D eigenvalue weighted by Crippen LogP contribution is -2.14. The number of Topliss-reactive ketones (excluding diaryl/α,β-unsaturated/α-hetero) is 1. The van der Waals surface area contributed by atoms with E-state index in [-0.39, 0.29) is 17.5 Å². The molecule has 0 heterocycles. The number of carbonyl (C=O) groups excluding carboxylic acids is 1. The number of benzene rings is 2. The minimum Gasteiger partial charge on any atom is -0.481 e. The highest BCUT2D eigenvalue weighted by molar-refractivity contribution is 9.09. The molecular weight excluding hydrogens is 320 g/mol. The lowest BCUT2D eigenvalue weighted by atomic mass is 9.89. The summed E-state index contributed by atoms with van der Waals surface area (Å²) in [5.41, 5.74) is 0.776. The van der Waals surface area contributed by atoms with Gasteiger partial charge in [0.05, 0.1) is 11.2 Å². The van der Waals surface area contributed by atoms with Gasteiger partial charge in [0.25, 0.3) is 0 Å². The number of hydrogen-bond acceptors (Lipinski definition) is 2. The molecule has 2 rings (SSSR count). The summed E-state index contributed by atoms with van der Waals surface area (Å²) >= 11 is 3.10. The molecule has 20 heavy (non-hydrogen) atoms. The van der Waals surface area contributed by atoms with Gasteiger partial charge in [-0.15, -0.1) is 0 Å². The van der Waals surface area contributed by atoms with Crippen LogP contribution in [-0.2, 0) is 9.59 Å². The average Bonchev–Trinajstić information content (AvgIpc) is 2.47. The highest BCUT2D eigenvalue weighted by atomic mass is 79.9. The van der Waals surface area contributed by atoms with E-state index in [0.717, 1.165) is 16.3 Å². The van der Waals surface area contributed by atoms with Gasteiger partial charge in [-0.1, -0.05) is 58.4 Å². The van der Waals surface area contributed by atoms with E-state index in [9.17, 15) is 14.7 Å². The van der Waals surface area contributed by atoms with Crippen LogP contribution >= 0.6 is 15.9 Å². The van der Waals surface area contributed by atoms with Gasteiger partial charge in [0.1, 0.15) is 5.78 Å². The molecule has 0 spiro atoms. The van der Waals surface area contributed by atoms with Gasteiger partial charge in [0.2, 0.25) is 0 Å². The van der Waals surface area contributed by atoms with Crippen LogP contribution in [0.3, 0.4) is 0 Å². The van der Waals surface area contributed by atoms with Crippen LogP contribution in [0.4, 0.5) is 0 Å². The minimum absolute atomic E-state index is 0.0245. The summed E-state index contributed by atoms with van der Waals surface area (Å²) in [4.78, 5) is 22.9. The lowest BCUT2D eigenvalue weighted by Gasteiger charge is -2.14. The van der Waals surface area contributed by atoms with Crippen molar-refractivity contribution in [3.63, 3.8) is 0 Å². The summed E-state index contributed by atoms with van der Waals surface area (Å²) < 4.78 is 0. The van der Waals surface area contributed by atoms with Crippen molar-refractivity contribution in [2.24, 2.45) is 0 Å². The summed E-state index contributed by atoms with van der Waals surface area (Å²) in [5.74, 6) is -1.51. The van der Waals surface area contributed by atoms with Gasteiger partial charge >= 0.3 is 5.97 Å². The van der Waals surface area contributed by atoms with Crippen molar-refractivity contribution in [3.8, 4) is 0 Å². The molecule has 0 saturated heterocycles. The second kappa shape index (κ2) is 6.66. The number of halogens is 1. The quantitative estimate of drug-likeness (QED) is 0.818. The Balaban J connectivity index is 2.37. The van der Waals surface area contributed by atoms with Gasteiger partial charge in [0.15, 0.2) is 0 Å². The highest BCUT2D eigenvalue weighted by Gasteiger charge is 2.22. The fraction of sp³-hybridized carbons (Fsp3) is 0.250. The fourth-order valence-electron chi connectivity index (χ4n) is 2.34. The van der Waals surface area contributed by atoms with Gasteiger partial charge in [0, 0.05) is 6.42 Å². The van der Waals surface area contributed by atoms with Crippen molar-refractivity contribution in [1.29, 1.82) is 0 Å². The molecule has 0 bridgehead atoms. The first-order chi connectivity index (χ1) is 9.63. The molecule has 0 amide bonds. The molecular formula is C16H15BrO3. The standard InChI is InChI=1S/C16H15BrO3/c17-10-12(18)8-9-15(16(19)20)14-7-3-5-11-4-1-2-6-13(11)14/h1-7,15H,8-10H2,(H,19,20). The second-order valence-corrected chi connectivity index (χ2v) is 5.23. The minimum atomic E-state index is -0.885. The molecule has 3 nitrogen and oxygen atoms in total. The predicted molar refractivity (Wildman–Crippen MR) is 82.4 cm³/mol. The average molecular weight is 335 g/mol. The Morgan fingerprint density at radius 3 is 2.50 bits per heavy atom. The molecule has 1 unspecified atom stereocenters. The summed E-state index contributed by atoms with van der Waals surface area (Å²) in [6, 6.07) is 13.4. The first-order valence-electron chi connectivity index (χ1n) is 6.41. The van der Waals surface area contributed by atoms with Crippen molar-refractivity contribution in [2.45, 2.75) is 18.8 Å². The van der Waals surface area contributed by atoms with Crippen molar-refractivity contribution in [1.82, 2.24) is 0 Å². The number of carbonyl (C=O) groups is 2. The molecule has 0 aromatic heterocycles. The molecule has 0 aliphatic heterocycles. The first kappa shape index (κ1) is 14.7. The van der Waals surface area contributed by atoms with Crippen LogP contribution < -0.4 is 0 Å².